The number of hydrogen-bond donors (Lipinski definition) is 1. The second-order valence-electron chi connectivity index (χ2n) is 4.73. The molecule has 0 fully saturated rings. The van der Waals surface area contributed by atoms with E-state index in [4.69, 9.17) is 4.74 Å². The van der Waals surface area contributed by atoms with Crippen molar-refractivity contribution in [1.29, 1.82) is 0 Å². The summed E-state index contributed by atoms with van der Waals surface area (Å²) in [6.07, 6.45) is 7.12. The molecule has 0 spiro atoms. The highest BCUT2D eigenvalue weighted by Gasteiger charge is 2.20. The van der Waals surface area contributed by atoms with E-state index in [1.807, 2.05) is 18.5 Å². The van der Waals surface area contributed by atoms with Crippen LogP contribution in [0.4, 0.5) is 0 Å². The highest BCUT2D eigenvalue weighted by atomic mass is 16.5. The molecule has 98 valence electrons. The molecule has 1 unspecified atom stereocenters. The standard InChI is InChI=1S/C15H22N2O/c1-3-8-17-15(13-6-5-10-18-11-13)14-7-4-9-16-12(14)2/h4,7,9,11,15,17H,3,5-6,8,10H2,1-2H3. The summed E-state index contributed by atoms with van der Waals surface area (Å²) in [6, 6.07) is 4.41. The predicted molar refractivity (Wildman–Crippen MR) is 73.3 cm³/mol. The first-order valence-corrected chi connectivity index (χ1v) is 6.78. The van der Waals surface area contributed by atoms with Crippen molar-refractivity contribution in [2.75, 3.05) is 13.2 Å². The molecule has 0 amide bonds. The van der Waals surface area contributed by atoms with Gasteiger partial charge in [0.05, 0.1) is 18.9 Å². The van der Waals surface area contributed by atoms with Crippen molar-refractivity contribution >= 4 is 0 Å². The number of aryl methyl sites for hydroxylation is 1. The molecule has 1 N–H and O–H groups in total. The topological polar surface area (TPSA) is 34.1 Å². The molecule has 3 nitrogen and oxygen atoms in total. The zero-order valence-corrected chi connectivity index (χ0v) is 11.3. The van der Waals surface area contributed by atoms with Crippen LogP contribution in [-0.2, 0) is 4.74 Å². The quantitative estimate of drug-likeness (QED) is 0.866. The Kier molecular flexibility index (Phi) is 4.76. The molecular formula is C15H22N2O. The highest BCUT2D eigenvalue weighted by Crippen LogP contribution is 2.28. The minimum atomic E-state index is 0.249. The van der Waals surface area contributed by atoms with Crippen LogP contribution in [0.5, 0.6) is 0 Å². The van der Waals surface area contributed by atoms with Crippen LogP contribution in [0.2, 0.25) is 0 Å². The number of ether oxygens (including phenoxy) is 1. The first kappa shape index (κ1) is 13.1. The third-order valence-electron chi connectivity index (χ3n) is 3.29. The van der Waals surface area contributed by atoms with Gasteiger partial charge in [0.2, 0.25) is 0 Å². The molecule has 2 heterocycles. The number of hydrogen-bond acceptors (Lipinski definition) is 3. The highest BCUT2D eigenvalue weighted by molar-refractivity contribution is 5.30. The molecule has 0 bridgehead atoms. The lowest BCUT2D eigenvalue weighted by Crippen LogP contribution is -2.26. The van der Waals surface area contributed by atoms with Gasteiger partial charge in [-0.15, -0.1) is 0 Å². The summed E-state index contributed by atoms with van der Waals surface area (Å²) >= 11 is 0. The molecule has 0 radical (unpaired) electrons. The normalized spacial score (nSPS) is 16.9. The molecule has 1 aromatic rings. The summed E-state index contributed by atoms with van der Waals surface area (Å²) in [6.45, 7) is 6.11. The predicted octanol–water partition coefficient (Wildman–Crippen LogP) is 3.13. The summed E-state index contributed by atoms with van der Waals surface area (Å²) in [4.78, 5) is 4.39. The smallest absolute Gasteiger partial charge is 0.0876 e. The van der Waals surface area contributed by atoms with Gasteiger partial charge in [-0.25, -0.2) is 0 Å². The minimum absolute atomic E-state index is 0.249. The molecule has 0 aliphatic carbocycles. The Hall–Kier alpha value is -1.35. The lowest BCUT2D eigenvalue weighted by Gasteiger charge is -2.25. The average Bonchev–Trinajstić information content (AvgIpc) is 2.42. The summed E-state index contributed by atoms with van der Waals surface area (Å²) < 4.78 is 5.48. The SMILES string of the molecule is CCCNC(C1=COCCC1)c1cccnc1C. The molecule has 1 atom stereocenters. The summed E-state index contributed by atoms with van der Waals surface area (Å²) in [7, 11) is 0. The largest absolute Gasteiger partial charge is 0.501 e. The van der Waals surface area contributed by atoms with Crippen LogP contribution >= 0.6 is 0 Å². The van der Waals surface area contributed by atoms with E-state index in [1.54, 1.807) is 0 Å². The van der Waals surface area contributed by atoms with E-state index in [2.05, 4.69) is 30.2 Å². The Balaban J connectivity index is 2.24. The van der Waals surface area contributed by atoms with Crippen LogP contribution in [0.25, 0.3) is 0 Å². The number of nitrogens with one attached hydrogen (secondary N) is 1. The number of pyridine rings is 1. The molecule has 18 heavy (non-hydrogen) atoms. The van der Waals surface area contributed by atoms with Gasteiger partial charge < -0.3 is 10.1 Å². The Morgan fingerprint density at radius 2 is 2.39 bits per heavy atom. The van der Waals surface area contributed by atoms with Crippen LogP contribution in [0.1, 0.15) is 43.5 Å². The number of aromatic nitrogens is 1. The molecule has 0 saturated carbocycles. The third kappa shape index (κ3) is 3.10. The first-order chi connectivity index (χ1) is 8.83. The summed E-state index contributed by atoms with van der Waals surface area (Å²) in [5, 5.41) is 3.61. The molecule has 1 aliphatic rings. The molecule has 3 heteroatoms. The minimum Gasteiger partial charge on any atom is -0.501 e. The third-order valence-corrected chi connectivity index (χ3v) is 3.29. The van der Waals surface area contributed by atoms with Gasteiger partial charge in [0, 0.05) is 11.9 Å². The monoisotopic (exact) mass is 246 g/mol. The second kappa shape index (κ2) is 6.55. The Morgan fingerprint density at radius 1 is 1.50 bits per heavy atom. The summed E-state index contributed by atoms with van der Waals surface area (Å²) in [5.74, 6) is 0. The lowest BCUT2D eigenvalue weighted by molar-refractivity contribution is 0.219. The van der Waals surface area contributed by atoms with Gasteiger partial charge in [-0.2, -0.15) is 0 Å². The lowest BCUT2D eigenvalue weighted by atomic mass is 9.94. The Bertz CT molecular complexity index is 415. The van der Waals surface area contributed by atoms with Crippen molar-refractivity contribution in [3.8, 4) is 0 Å². The molecule has 1 aromatic heterocycles. The Morgan fingerprint density at radius 3 is 3.06 bits per heavy atom. The van der Waals surface area contributed by atoms with Crippen molar-refractivity contribution in [1.82, 2.24) is 10.3 Å². The van der Waals surface area contributed by atoms with Crippen molar-refractivity contribution < 1.29 is 4.74 Å². The summed E-state index contributed by atoms with van der Waals surface area (Å²) in [5.41, 5.74) is 3.70. The van der Waals surface area contributed by atoms with E-state index in [0.29, 0.717) is 0 Å². The van der Waals surface area contributed by atoms with Gasteiger partial charge in [0.15, 0.2) is 0 Å². The average molecular weight is 246 g/mol. The fourth-order valence-corrected chi connectivity index (χ4v) is 2.33. The van der Waals surface area contributed by atoms with E-state index in [9.17, 15) is 0 Å². The number of rotatable bonds is 5. The van der Waals surface area contributed by atoms with E-state index >= 15 is 0 Å². The van der Waals surface area contributed by atoms with Crippen LogP contribution in [0, 0.1) is 6.92 Å². The van der Waals surface area contributed by atoms with Crippen molar-refractivity contribution in [2.24, 2.45) is 0 Å². The Labute approximate surface area is 109 Å². The zero-order chi connectivity index (χ0) is 12.8. The van der Waals surface area contributed by atoms with Crippen molar-refractivity contribution in [3.05, 3.63) is 41.4 Å². The van der Waals surface area contributed by atoms with Gasteiger partial charge in [0.25, 0.3) is 0 Å². The maximum absolute atomic E-state index is 5.48. The van der Waals surface area contributed by atoms with E-state index in [-0.39, 0.29) is 6.04 Å². The van der Waals surface area contributed by atoms with Gasteiger partial charge >= 0.3 is 0 Å². The molecule has 2 rings (SSSR count). The van der Waals surface area contributed by atoms with Gasteiger partial charge in [-0.1, -0.05) is 13.0 Å². The van der Waals surface area contributed by atoms with Crippen LogP contribution < -0.4 is 5.32 Å². The maximum Gasteiger partial charge on any atom is 0.0876 e. The molecule has 1 aliphatic heterocycles. The maximum atomic E-state index is 5.48. The van der Waals surface area contributed by atoms with Crippen molar-refractivity contribution in [2.45, 2.75) is 39.2 Å². The van der Waals surface area contributed by atoms with Gasteiger partial charge in [0.1, 0.15) is 0 Å². The second-order valence-corrected chi connectivity index (χ2v) is 4.73. The fourth-order valence-electron chi connectivity index (χ4n) is 2.33. The van der Waals surface area contributed by atoms with Crippen LogP contribution in [-0.4, -0.2) is 18.1 Å². The van der Waals surface area contributed by atoms with Crippen molar-refractivity contribution in [3.63, 3.8) is 0 Å². The van der Waals surface area contributed by atoms with Crippen LogP contribution in [0.15, 0.2) is 30.2 Å². The van der Waals surface area contributed by atoms with E-state index < -0.39 is 0 Å². The fraction of sp³-hybridized carbons (Fsp3) is 0.533. The van der Waals surface area contributed by atoms with Gasteiger partial charge in [-0.05, 0) is 49.9 Å². The number of nitrogens with zero attached hydrogens (tertiary/aromatic N) is 1. The molecule has 0 aromatic carbocycles. The molecular weight excluding hydrogens is 224 g/mol. The van der Waals surface area contributed by atoms with Gasteiger partial charge in [-0.3, -0.25) is 4.98 Å². The van der Waals surface area contributed by atoms with E-state index in [1.165, 1.54) is 11.1 Å². The molecule has 0 saturated heterocycles. The van der Waals surface area contributed by atoms with Crippen LogP contribution in [0.3, 0.4) is 0 Å². The van der Waals surface area contributed by atoms with E-state index in [0.717, 1.165) is 38.1 Å². The zero-order valence-electron chi connectivity index (χ0n) is 11.3. The first-order valence-electron chi connectivity index (χ1n) is 6.78.